The predicted octanol–water partition coefficient (Wildman–Crippen LogP) is 3.12. The highest BCUT2D eigenvalue weighted by atomic mass is 16.5. The van der Waals surface area contributed by atoms with E-state index in [4.69, 9.17) is 14.2 Å². The summed E-state index contributed by atoms with van der Waals surface area (Å²) in [7, 11) is 4.80. The highest BCUT2D eigenvalue weighted by molar-refractivity contribution is 5.97. The number of methoxy groups -OCH3 is 3. The summed E-state index contributed by atoms with van der Waals surface area (Å²) >= 11 is 0. The predicted molar refractivity (Wildman–Crippen MR) is 127 cm³/mol. The molecule has 0 bridgehead atoms. The molecule has 8 heteroatoms. The number of carbonyl (C=O) groups is 1. The first kappa shape index (κ1) is 23.8. The van der Waals surface area contributed by atoms with Crippen LogP contribution in [0.1, 0.15) is 18.5 Å². The second kappa shape index (κ2) is 11.1. The number of anilines is 1. The molecule has 1 atom stereocenters. The first-order valence-electron chi connectivity index (χ1n) is 10.8. The minimum atomic E-state index is -0.410. The zero-order chi connectivity index (χ0) is 23.8. The van der Waals surface area contributed by atoms with Crippen molar-refractivity contribution in [3.8, 4) is 23.3 Å². The third-order valence-electron chi connectivity index (χ3n) is 5.67. The molecule has 1 aliphatic heterocycles. The van der Waals surface area contributed by atoms with Crippen molar-refractivity contribution in [3.63, 3.8) is 0 Å². The van der Waals surface area contributed by atoms with Gasteiger partial charge in [0, 0.05) is 32.4 Å². The van der Waals surface area contributed by atoms with E-state index >= 15 is 0 Å². The average Bonchev–Trinajstić information content (AvgIpc) is 2.86. The fraction of sp³-hybridized carbons (Fsp3) is 0.360. The monoisotopic (exact) mass is 450 g/mol. The second-order valence-electron chi connectivity index (χ2n) is 7.66. The summed E-state index contributed by atoms with van der Waals surface area (Å²) in [5.41, 5.74) is 1.97. The lowest BCUT2D eigenvalue weighted by Gasteiger charge is -2.36. The lowest BCUT2D eigenvalue weighted by atomic mass is 10.1. The Morgan fingerprint density at radius 2 is 1.67 bits per heavy atom. The summed E-state index contributed by atoms with van der Waals surface area (Å²) in [6.07, 6.45) is 1.65. The third kappa shape index (κ3) is 5.69. The second-order valence-corrected chi connectivity index (χ2v) is 7.66. The van der Waals surface area contributed by atoms with Crippen molar-refractivity contribution in [1.82, 2.24) is 10.2 Å². The molecule has 8 nitrogen and oxygen atoms in total. The highest BCUT2D eigenvalue weighted by Gasteiger charge is 2.21. The van der Waals surface area contributed by atoms with E-state index < -0.39 is 5.91 Å². The van der Waals surface area contributed by atoms with Gasteiger partial charge in [-0.05, 0) is 36.8 Å². The van der Waals surface area contributed by atoms with Crippen molar-refractivity contribution in [1.29, 1.82) is 5.26 Å². The lowest BCUT2D eigenvalue weighted by molar-refractivity contribution is -0.117. The van der Waals surface area contributed by atoms with Crippen LogP contribution in [0, 0.1) is 11.3 Å². The van der Waals surface area contributed by atoms with E-state index in [9.17, 15) is 10.1 Å². The van der Waals surface area contributed by atoms with Crippen molar-refractivity contribution < 1.29 is 19.0 Å². The largest absolute Gasteiger partial charge is 0.495 e. The number of nitrogens with one attached hydrogen (secondary N) is 1. The maximum Gasteiger partial charge on any atom is 0.263 e. The standard InChI is InChI=1S/C25H30N4O4/c1-18(19-9-10-23(32-3)24(15-19)33-4)27-25(30)20(16-26)17-28-11-13-29(14-12-28)21-7-5-6-8-22(21)31-2/h5-10,15,17-18H,11-14H2,1-4H3,(H,27,30)/b20-17-. The summed E-state index contributed by atoms with van der Waals surface area (Å²) in [6.45, 7) is 4.78. The van der Waals surface area contributed by atoms with Gasteiger partial charge in [0.15, 0.2) is 11.5 Å². The van der Waals surface area contributed by atoms with Crippen LogP contribution in [0.4, 0.5) is 5.69 Å². The maximum atomic E-state index is 12.8. The molecule has 3 rings (SSSR count). The van der Waals surface area contributed by atoms with Crippen LogP contribution in [0.15, 0.2) is 54.2 Å². The summed E-state index contributed by atoms with van der Waals surface area (Å²) in [6, 6.07) is 15.1. The molecule has 1 unspecified atom stereocenters. The molecule has 0 saturated carbocycles. The lowest BCUT2D eigenvalue weighted by Crippen LogP contribution is -2.44. The fourth-order valence-corrected chi connectivity index (χ4v) is 3.78. The SMILES string of the molecule is COc1ccc(C(C)NC(=O)/C(C#N)=C\N2CCN(c3ccccc3OC)CC2)cc1OC. The van der Waals surface area contributed by atoms with Crippen LogP contribution in [-0.4, -0.2) is 58.3 Å². The molecule has 1 N–H and O–H groups in total. The molecule has 1 heterocycles. The molecule has 2 aromatic carbocycles. The van der Waals surface area contributed by atoms with Crippen LogP contribution in [0.25, 0.3) is 0 Å². The number of hydrogen-bond acceptors (Lipinski definition) is 7. The van der Waals surface area contributed by atoms with Gasteiger partial charge in [-0.3, -0.25) is 4.79 Å². The first-order valence-corrected chi connectivity index (χ1v) is 10.8. The van der Waals surface area contributed by atoms with Crippen molar-refractivity contribution in [2.45, 2.75) is 13.0 Å². The van der Waals surface area contributed by atoms with Gasteiger partial charge in [0.1, 0.15) is 17.4 Å². The van der Waals surface area contributed by atoms with Crippen molar-refractivity contribution >= 4 is 11.6 Å². The van der Waals surface area contributed by atoms with Crippen LogP contribution in [-0.2, 0) is 4.79 Å². The van der Waals surface area contributed by atoms with Crippen LogP contribution < -0.4 is 24.4 Å². The molecule has 0 aromatic heterocycles. The number of hydrogen-bond donors (Lipinski definition) is 1. The molecule has 174 valence electrons. The van der Waals surface area contributed by atoms with Gasteiger partial charge < -0.3 is 29.3 Å². The molecule has 0 spiro atoms. The van der Waals surface area contributed by atoms with Crippen LogP contribution in [0.5, 0.6) is 17.2 Å². The van der Waals surface area contributed by atoms with Crippen LogP contribution in [0.3, 0.4) is 0 Å². The summed E-state index contributed by atoms with van der Waals surface area (Å²) < 4.78 is 16.1. The van der Waals surface area contributed by atoms with Crippen LogP contribution in [0.2, 0.25) is 0 Å². The van der Waals surface area contributed by atoms with Gasteiger partial charge in [0.05, 0.1) is 33.1 Å². The Morgan fingerprint density at radius 3 is 2.30 bits per heavy atom. The van der Waals surface area contributed by atoms with E-state index in [0.29, 0.717) is 24.6 Å². The van der Waals surface area contributed by atoms with Gasteiger partial charge in [0.2, 0.25) is 0 Å². The van der Waals surface area contributed by atoms with E-state index in [-0.39, 0.29) is 11.6 Å². The summed E-state index contributed by atoms with van der Waals surface area (Å²) in [5.74, 6) is 1.62. The molecule has 1 amide bonds. The van der Waals surface area contributed by atoms with Gasteiger partial charge in [-0.25, -0.2) is 0 Å². The van der Waals surface area contributed by atoms with E-state index in [2.05, 4.69) is 10.2 Å². The Hall–Kier alpha value is -3.86. The summed E-state index contributed by atoms with van der Waals surface area (Å²) in [4.78, 5) is 17.0. The Kier molecular flexibility index (Phi) is 8.03. The molecule has 1 fully saturated rings. The molecular formula is C25H30N4O4. The highest BCUT2D eigenvalue weighted by Crippen LogP contribution is 2.30. The zero-order valence-corrected chi connectivity index (χ0v) is 19.5. The molecule has 0 aliphatic carbocycles. The zero-order valence-electron chi connectivity index (χ0n) is 19.5. The summed E-state index contributed by atoms with van der Waals surface area (Å²) in [5, 5.41) is 12.5. The van der Waals surface area contributed by atoms with Gasteiger partial charge in [0.25, 0.3) is 5.91 Å². The number of benzene rings is 2. The van der Waals surface area contributed by atoms with Gasteiger partial charge in [-0.1, -0.05) is 18.2 Å². The number of ether oxygens (including phenoxy) is 3. The Balaban J connectivity index is 1.63. The topological polar surface area (TPSA) is 87.1 Å². The first-order chi connectivity index (χ1) is 16.0. The maximum absolute atomic E-state index is 12.8. The molecule has 1 aliphatic rings. The fourth-order valence-electron chi connectivity index (χ4n) is 3.78. The normalized spacial score (nSPS) is 14.8. The number of piperazine rings is 1. The minimum absolute atomic E-state index is 0.0769. The van der Waals surface area contributed by atoms with Crippen molar-refractivity contribution in [2.24, 2.45) is 0 Å². The van der Waals surface area contributed by atoms with Crippen LogP contribution >= 0.6 is 0 Å². The number of nitrogens with zero attached hydrogens (tertiary/aromatic N) is 3. The number of rotatable bonds is 8. The Morgan fingerprint density at radius 1 is 1.00 bits per heavy atom. The molecule has 1 saturated heterocycles. The minimum Gasteiger partial charge on any atom is -0.495 e. The Bertz CT molecular complexity index is 1040. The van der Waals surface area contributed by atoms with E-state index in [1.807, 2.05) is 54.3 Å². The number of carbonyl (C=O) groups excluding carboxylic acids is 1. The van der Waals surface area contributed by atoms with E-state index in [0.717, 1.165) is 30.1 Å². The number of nitriles is 1. The van der Waals surface area contributed by atoms with E-state index in [1.54, 1.807) is 33.6 Å². The number of para-hydroxylation sites is 2. The number of amides is 1. The van der Waals surface area contributed by atoms with Gasteiger partial charge >= 0.3 is 0 Å². The smallest absolute Gasteiger partial charge is 0.263 e. The third-order valence-corrected chi connectivity index (χ3v) is 5.67. The quantitative estimate of drug-likeness (QED) is 0.488. The average molecular weight is 451 g/mol. The molecule has 2 aromatic rings. The van der Waals surface area contributed by atoms with Crippen molar-refractivity contribution in [2.75, 3.05) is 52.4 Å². The van der Waals surface area contributed by atoms with Crippen molar-refractivity contribution in [3.05, 3.63) is 59.8 Å². The van der Waals surface area contributed by atoms with Gasteiger partial charge in [-0.15, -0.1) is 0 Å². The van der Waals surface area contributed by atoms with E-state index in [1.165, 1.54) is 0 Å². The van der Waals surface area contributed by atoms with Gasteiger partial charge in [-0.2, -0.15) is 5.26 Å². The molecule has 0 radical (unpaired) electrons. The molecular weight excluding hydrogens is 420 g/mol. The molecule has 33 heavy (non-hydrogen) atoms. The Labute approximate surface area is 195 Å².